The third-order valence-corrected chi connectivity index (χ3v) is 6.19. The van der Waals surface area contributed by atoms with Crippen LogP contribution in [0.25, 0.3) is 11.4 Å². The zero-order valence-corrected chi connectivity index (χ0v) is 16.4. The Morgan fingerprint density at radius 1 is 1.04 bits per heavy atom. The van der Waals surface area contributed by atoms with Gasteiger partial charge in [-0.25, -0.2) is 4.39 Å². The van der Waals surface area contributed by atoms with Crippen molar-refractivity contribution in [3.8, 4) is 11.4 Å². The van der Waals surface area contributed by atoms with Gasteiger partial charge in [-0.15, -0.1) is 10.2 Å². The topological polar surface area (TPSA) is 51.0 Å². The number of benzene rings is 2. The van der Waals surface area contributed by atoms with Crippen LogP contribution in [0.5, 0.6) is 0 Å². The van der Waals surface area contributed by atoms with E-state index in [1.807, 2.05) is 35.2 Å². The first-order valence-electron chi connectivity index (χ1n) is 9.30. The SMILES string of the molecule is Cn1c(S[C@H](C(=O)N2CCCC2)c2ccccc2)nnc1-c1ccccc1F. The molecule has 1 saturated heterocycles. The number of aromatic nitrogens is 3. The van der Waals surface area contributed by atoms with Crippen molar-refractivity contribution in [3.05, 3.63) is 66.0 Å². The van der Waals surface area contributed by atoms with E-state index >= 15 is 0 Å². The molecule has 0 saturated carbocycles. The zero-order chi connectivity index (χ0) is 19.5. The summed E-state index contributed by atoms with van der Waals surface area (Å²) in [5.74, 6) is 0.187. The van der Waals surface area contributed by atoms with Crippen LogP contribution in [0, 0.1) is 5.82 Å². The van der Waals surface area contributed by atoms with Gasteiger partial charge in [-0.05, 0) is 30.5 Å². The Morgan fingerprint density at radius 2 is 1.71 bits per heavy atom. The van der Waals surface area contributed by atoms with Gasteiger partial charge in [0.05, 0.1) is 5.56 Å². The first kappa shape index (κ1) is 18.7. The molecule has 1 amide bonds. The third-order valence-electron chi connectivity index (χ3n) is 4.92. The highest BCUT2D eigenvalue weighted by molar-refractivity contribution is 8.00. The Kier molecular flexibility index (Phi) is 5.43. The summed E-state index contributed by atoms with van der Waals surface area (Å²) >= 11 is 1.36. The van der Waals surface area contributed by atoms with E-state index < -0.39 is 5.25 Å². The molecule has 1 atom stereocenters. The largest absolute Gasteiger partial charge is 0.341 e. The van der Waals surface area contributed by atoms with Crippen molar-refractivity contribution in [1.29, 1.82) is 0 Å². The lowest BCUT2D eigenvalue weighted by Crippen LogP contribution is -2.31. The molecule has 1 aromatic heterocycles. The maximum absolute atomic E-state index is 14.2. The highest BCUT2D eigenvalue weighted by atomic mass is 32.2. The predicted octanol–water partition coefficient (Wildman–Crippen LogP) is 4.08. The number of carbonyl (C=O) groups excluding carboxylic acids is 1. The van der Waals surface area contributed by atoms with Gasteiger partial charge in [-0.3, -0.25) is 4.79 Å². The molecule has 1 fully saturated rings. The molecule has 144 valence electrons. The van der Waals surface area contributed by atoms with Crippen LogP contribution >= 0.6 is 11.8 Å². The number of rotatable bonds is 5. The normalized spacial score (nSPS) is 15.0. The number of carbonyl (C=O) groups is 1. The van der Waals surface area contributed by atoms with E-state index in [9.17, 15) is 9.18 Å². The van der Waals surface area contributed by atoms with E-state index in [2.05, 4.69) is 10.2 Å². The Balaban J connectivity index is 1.66. The molecule has 0 aliphatic carbocycles. The number of nitrogens with zero attached hydrogens (tertiary/aromatic N) is 4. The van der Waals surface area contributed by atoms with Gasteiger partial charge >= 0.3 is 0 Å². The van der Waals surface area contributed by atoms with Crippen molar-refractivity contribution in [2.45, 2.75) is 23.2 Å². The van der Waals surface area contributed by atoms with Crippen molar-refractivity contribution in [2.75, 3.05) is 13.1 Å². The molecule has 1 aliphatic rings. The standard InChI is InChI=1S/C21H21FN4OS/c1-25-19(16-11-5-6-12-17(16)22)23-24-21(25)28-18(15-9-3-2-4-10-15)20(27)26-13-7-8-14-26/h2-6,9-12,18H,7-8,13-14H2,1H3/t18-/m0/s1. The van der Waals surface area contributed by atoms with Crippen LogP contribution in [0.2, 0.25) is 0 Å². The second kappa shape index (κ2) is 8.14. The number of hydrogen-bond donors (Lipinski definition) is 0. The van der Waals surface area contributed by atoms with Crippen molar-refractivity contribution >= 4 is 17.7 Å². The predicted molar refractivity (Wildman–Crippen MR) is 107 cm³/mol. The fourth-order valence-electron chi connectivity index (χ4n) is 3.39. The van der Waals surface area contributed by atoms with Crippen LogP contribution in [0.4, 0.5) is 4.39 Å². The van der Waals surface area contributed by atoms with E-state index in [0.717, 1.165) is 31.5 Å². The van der Waals surface area contributed by atoms with E-state index in [1.54, 1.807) is 29.8 Å². The maximum Gasteiger partial charge on any atom is 0.240 e. The summed E-state index contributed by atoms with van der Waals surface area (Å²) in [7, 11) is 1.80. The molecular formula is C21H21FN4OS. The zero-order valence-electron chi connectivity index (χ0n) is 15.6. The van der Waals surface area contributed by atoms with Gasteiger partial charge in [0.2, 0.25) is 5.91 Å². The summed E-state index contributed by atoms with van der Waals surface area (Å²) in [4.78, 5) is 15.1. The van der Waals surface area contributed by atoms with Crippen LogP contribution in [-0.2, 0) is 11.8 Å². The van der Waals surface area contributed by atoms with E-state index in [0.29, 0.717) is 16.5 Å². The minimum absolute atomic E-state index is 0.0872. The molecule has 0 radical (unpaired) electrons. The van der Waals surface area contributed by atoms with Gasteiger partial charge in [0, 0.05) is 20.1 Å². The van der Waals surface area contributed by atoms with E-state index in [-0.39, 0.29) is 11.7 Å². The van der Waals surface area contributed by atoms with Crippen LogP contribution in [-0.4, -0.2) is 38.7 Å². The van der Waals surface area contributed by atoms with Crippen LogP contribution in [0.1, 0.15) is 23.7 Å². The molecule has 0 bridgehead atoms. The first-order valence-corrected chi connectivity index (χ1v) is 10.2. The number of amides is 1. The highest BCUT2D eigenvalue weighted by Crippen LogP contribution is 2.37. The molecule has 0 N–H and O–H groups in total. The second-order valence-corrected chi connectivity index (χ2v) is 7.86. The molecular weight excluding hydrogens is 375 g/mol. The third kappa shape index (κ3) is 3.67. The maximum atomic E-state index is 14.2. The van der Waals surface area contributed by atoms with E-state index in [4.69, 9.17) is 0 Å². The number of hydrogen-bond acceptors (Lipinski definition) is 4. The van der Waals surface area contributed by atoms with Gasteiger partial charge in [-0.2, -0.15) is 0 Å². The Morgan fingerprint density at radius 3 is 2.43 bits per heavy atom. The minimum atomic E-state index is -0.407. The number of likely N-dealkylation sites (tertiary alicyclic amines) is 1. The summed E-state index contributed by atoms with van der Waals surface area (Å²) < 4.78 is 15.9. The summed E-state index contributed by atoms with van der Waals surface area (Å²) in [6, 6.07) is 16.2. The molecule has 1 aliphatic heterocycles. The molecule has 0 unspecified atom stereocenters. The lowest BCUT2D eigenvalue weighted by atomic mass is 10.1. The van der Waals surface area contributed by atoms with Crippen LogP contribution in [0.3, 0.4) is 0 Å². The highest BCUT2D eigenvalue weighted by Gasteiger charge is 2.30. The van der Waals surface area contributed by atoms with Gasteiger partial charge in [-0.1, -0.05) is 54.2 Å². The Bertz CT molecular complexity index is 970. The van der Waals surface area contributed by atoms with Gasteiger partial charge in [0.1, 0.15) is 11.1 Å². The number of halogens is 1. The Labute approximate surface area is 167 Å². The van der Waals surface area contributed by atoms with Crippen molar-refractivity contribution in [1.82, 2.24) is 19.7 Å². The lowest BCUT2D eigenvalue weighted by molar-refractivity contribution is -0.129. The molecule has 5 nitrogen and oxygen atoms in total. The second-order valence-electron chi connectivity index (χ2n) is 6.79. The lowest BCUT2D eigenvalue weighted by Gasteiger charge is -2.22. The first-order chi connectivity index (χ1) is 13.6. The van der Waals surface area contributed by atoms with Gasteiger partial charge in [0.15, 0.2) is 11.0 Å². The van der Waals surface area contributed by atoms with Gasteiger partial charge < -0.3 is 9.47 Å². The van der Waals surface area contributed by atoms with Crippen molar-refractivity contribution in [2.24, 2.45) is 7.05 Å². The smallest absolute Gasteiger partial charge is 0.240 e. The summed E-state index contributed by atoms with van der Waals surface area (Å²) in [5.41, 5.74) is 1.33. The van der Waals surface area contributed by atoms with Crippen molar-refractivity contribution < 1.29 is 9.18 Å². The van der Waals surface area contributed by atoms with Gasteiger partial charge in [0.25, 0.3) is 0 Å². The summed E-state index contributed by atoms with van der Waals surface area (Å²) in [6.07, 6.45) is 2.08. The van der Waals surface area contributed by atoms with E-state index in [1.165, 1.54) is 17.8 Å². The Hall–Kier alpha value is -2.67. The average Bonchev–Trinajstić information content (AvgIpc) is 3.37. The molecule has 7 heteroatoms. The molecule has 4 rings (SSSR count). The summed E-state index contributed by atoms with van der Waals surface area (Å²) in [6.45, 7) is 1.59. The fourth-order valence-corrected chi connectivity index (χ4v) is 4.48. The molecule has 28 heavy (non-hydrogen) atoms. The molecule has 2 aromatic carbocycles. The van der Waals surface area contributed by atoms with Crippen LogP contribution < -0.4 is 0 Å². The average molecular weight is 396 g/mol. The molecule has 0 spiro atoms. The number of thioether (sulfide) groups is 1. The molecule has 3 aromatic rings. The quantitative estimate of drug-likeness (QED) is 0.610. The molecule has 2 heterocycles. The van der Waals surface area contributed by atoms with Crippen LogP contribution in [0.15, 0.2) is 59.8 Å². The van der Waals surface area contributed by atoms with Crippen molar-refractivity contribution in [3.63, 3.8) is 0 Å². The minimum Gasteiger partial charge on any atom is -0.341 e. The fraction of sp³-hybridized carbons (Fsp3) is 0.286. The monoisotopic (exact) mass is 396 g/mol. The summed E-state index contributed by atoms with van der Waals surface area (Å²) in [5, 5.41) is 8.60.